The molecule has 0 aliphatic carbocycles. The van der Waals surface area contributed by atoms with Crippen LogP contribution in [0.3, 0.4) is 0 Å². The van der Waals surface area contributed by atoms with E-state index in [1.54, 1.807) is 0 Å². The number of aryl methyl sites for hydroxylation is 1. The van der Waals surface area contributed by atoms with E-state index in [1.807, 2.05) is 12.4 Å². The molecule has 3 rings (SSSR count). The Hall–Kier alpha value is -1.65. The van der Waals surface area contributed by atoms with Gasteiger partial charge in [0.25, 0.3) is 0 Å². The number of piperazine rings is 1. The highest BCUT2D eigenvalue weighted by Crippen LogP contribution is 2.13. The van der Waals surface area contributed by atoms with Crippen LogP contribution >= 0.6 is 0 Å². The Morgan fingerprint density at radius 3 is 2.68 bits per heavy atom. The Morgan fingerprint density at radius 1 is 1.18 bits per heavy atom. The van der Waals surface area contributed by atoms with Crippen LogP contribution in [-0.2, 0) is 20.0 Å². The number of aromatic nitrogens is 2. The molecule has 1 atom stereocenters. The van der Waals surface area contributed by atoms with Gasteiger partial charge in [-0.05, 0) is 18.9 Å². The molecule has 1 saturated heterocycles. The fourth-order valence-corrected chi connectivity index (χ4v) is 3.17. The Bertz CT molecular complexity index is 578. The fraction of sp³-hybridized carbons (Fsp3) is 0.500. The lowest BCUT2D eigenvalue weighted by molar-refractivity contribution is 0.0758. The van der Waals surface area contributed by atoms with Crippen molar-refractivity contribution in [1.82, 2.24) is 19.4 Å². The third-order valence-corrected chi connectivity index (χ3v) is 4.67. The van der Waals surface area contributed by atoms with Crippen LogP contribution in [0.1, 0.15) is 18.3 Å². The van der Waals surface area contributed by atoms with Crippen molar-refractivity contribution in [2.24, 2.45) is 7.05 Å². The number of rotatable bonds is 5. The van der Waals surface area contributed by atoms with Gasteiger partial charge in [0.15, 0.2) is 0 Å². The minimum atomic E-state index is 0.584. The summed E-state index contributed by atoms with van der Waals surface area (Å²) in [6, 6.07) is 11.4. The van der Waals surface area contributed by atoms with E-state index < -0.39 is 0 Å². The SMILES string of the molecule is C[C@H]1CN(CCc2ccccc2)CCN1Cc1nccn1C. The highest BCUT2D eigenvalue weighted by atomic mass is 15.3. The van der Waals surface area contributed by atoms with E-state index in [1.165, 1.54) is 5.56 Å². The molecule has 0 spiro atoms. The van der Waals surface area contributed by atoms with Gasteiger partial charge in [0.1, 0.15) is 5.82 Å². The van der Waals surface area contributed by atoms with Gasteiger partial charge in [0.2, 0.25) is 0 Å². The highest BCUT2D eigenvalue weighted by Gasteiger charge is 2.24. The van der Waals surface area contributed by atoms with Gasteiger partial charge in [-0.2, -0.15) is 0 Å². The molecule has 1 aliphatic heterocycles. The second-order valence-corrected chi connectivity index (χ2v) is 6.31. The molecule has 22 heavy (non-hydrogen) atoms. The summed E-state index contributed by atoms with van der Waals surface area (Å²) in [6.07, 6.45) is 5.05. The summed E-state index contributed by atoms with van der Waals surface area (Å²) in [5, 5.41) is 0. The molecular weight excluding hydrogens is 272 g/mol. The van der Waals surface area contributed by atoms with Gasteiger partial charge in [-0.25, -0.2) is 4.98 Å². The van der Waals surface area contributed by atoms with Crippen LogP contribution in [0.15, 0.2) is 42.7 Å². The maximum Gasteiger partial charge on any atom is 0.122 e. The van der Waals surface area contributed by atoms with Crippen LogP contribution in [-0.4, -0.2) is 51.6 Å². The van der Waals surface area contributed by atoms with E-state index in [0.29, 0.717) is 6.04 Å². The first kappa shape index (κ1) is 15.3. The molecule has 2 heterocycles. The minimum Gasteiger partial charge on any atom is -0.337 e. The second-order valence-electron chi connectivity index (χ2n) is 6.31. The number of benzene rings is 1. The summed E-state index contributed by atoms with van der Waals surface area (Å²) in [7, 11) is 2.07. The third-order valence-electron chi connectivity index (χ3n) is 4.67. The normalized spacial score (nSPS) is 20.4. The maximum atomic E-state index is 4.45. The molecule has 0 N–H and O–H groups in total. The van der Waals surface area contributed by atoms with Crippen molar-refractivity contribution in [2.45, 2.75) is 25.9 Å². The molecule has 0 bridgehead atoms. The van der Waals surface area contributed by atoms with Gasteiger partial charge in [-0.1, -0.05) is 30.3 Å². The molecule has 0 unspecified atom stereocenters. The zero-order valence-electron chi connectivity index (χ0n) is 13.7. The molecule has 1 fully saturated rings. The minimum absolute atomic E-state index is 0.584. The first-order valence-corrected chi connectivity index (χ1v) is 8.19. The van der Waals surface area contributed by atoms with Gasteiger partial charge in [0, 0.05) is 51.7 Å². The average Bonchev–Trinajstić information content (AvgIpc) is 2.94. The van der Waals surface area contributed by atoms with Crippen LogP contribution in [0.4, 0.5) is 0 Å². The Labute approximate surface area is 133 Å². The van der Waals surface area contributed by atoms with Gasteiger partial charge in [0.05, 0.1) is 6.54 Å². The van der Waals surface area contributed by atoms with Crippen molar-refractivity contribution in [3.63, 3.8) is 0 Å². The summed E-state index contributed by atoms with van der Waals surface area (Å²) < 4.78 is 2.12. The highest BCUT2D eigenvalue weighted by molar-refractivity contribution is 5.14. The van der Waals surface area contributed by atoms with Crippen LogP contribution < -0.4 is 0 Å². The lowest BCUT2D eigenvalue weighted by Crippen LogP contribution is -2.51. The standard InChI is InChI=1S/C18H26N4/c1-16-14-21(10-8-17-6-4-3-5-7-17)12-13-22(16)15-18-19-9-11-20(18)2/h3-7,9,11,16H,8,10,12-15H2,1-2H3/t16-/m0/s1. The maximum absolute atomic E-state index is 4.45. The zero-order valence-corrected chi connectivity index (χ0v) is 13.7. The molecule has 4 nitrogen and oxygen atoms in total. The van der Waals surface area contributed by atoms with Crippen molar-refractivity contribution >= 4 is 0 Å². The van der Waals surface area contributed by atoms with Crippen molar-refractivity contribution in [1.29, 1.82) is 0 Å². The topological polar surface area (TPSA) is 24.3 Å². The summed E-state index contributed by atoms with van der Waals surface area (Å²) in [6.45, 7) is 7.88. The number of hydrogen-bond acceptors (Lipinski definition) is 3. The van der Waals surface area contributed by atoms with E-state index >= 15 is 0 Å². The fourth-order valence-electron chi connectivity index (χ4n) is 3.17. The lowest BCUT2D eigenvalue weighted by atomic mass is 10.1. The Balaban J connectivity index is 1.48. The van der Waals surface area contributed by atoms with Crippen molar-refractivity contribution in [2.75, 3.05) is 26.2 Å². The number of nitrogens with zero attached hydrogens (tertiary/aromatic N) is 4. The molecule has 0 amide bonds. The van der Waals surface area contributed by atoms with Gasteiger partial charge >= 0.3 is 0 Å². The van der Waals surface area contributed by atoms with Gasteiger partial charge in [-0.3, -0.25) is 4.90 Å². The molecule has 0 radical (unpaired) electrons. The molecule has 1 aliphatic rings. The monoisotopic (exact) mass is 298 g/mol. The second kappa shape index (κ2) is 7.07. The Kier molecular flexibility index (Phi) is 4.90. The molecule has 4 heteroatoms. The van der Waals surface area contributed by atoms with Crippen molar-refractivity contribution in [3.8, 4) is 0 Å². The van der Waals surface area contributed by atoms with Crippen LogP contribution in [0, 0.1) is 0 Å². The number of hydrogen-bond donors (Lipinski definition) is 0. The predicted octanol–water partition coefficient (Wildman–Crippen LogP) is 2.17. The molecule has 1 aromatic heterocycles. The Morgan fingerprint density at radius 2 is 2.00 bits per heavy atom. The van der Waals surface area contributed by atoms with E-state index in [4.69, 9.17) is 0 Å². The summed E-state index contributed by atoms with van der Waals surface area (Å²) in [5.74, 6) is 1.16. The van der Waals surface area contributed by atoms with Crippen LogP contribution in [0.2, 0.25) is 0 Å². The van der Waals surface area contributed by atoms with Gasteiger partial charge < -0.3 is 9.47 Å². The summed E-state index contributed by atoms with van der Waals surface area (Å²) >= 11 is 0. The van der Waals surface area contributed by atoms with E-state index in [2.05, 4.69) is 63.7 Å². The van der Waals surface area contributed by atoms with E-state index in [-0.39, 0.29) is 0 Å². The third kappa shape index (κ3) is 3.76. The molecule has 1 aromatic carbocycles. The van der Waals surface area contributed by atoms with Crippen LogP contribution in [0.5, 0.6) is 0 Å². The lowest BCUT2D eigenvalue weighted by Gasteiger charge is -2.39. The average molecular weight is 298 g/mol. The summed E-state index contributed by atoms with van der Waals surface area (Å²) in [5.41, 5.74) is 1.44. The molecule has 2 aromatic rings. The van der Waals surface area contributed by atoms with Crippen LogP contribution in [0.25, 0.3) is 0 Å². The first-order chi connectivity index (χ1) is 10.7. The van der Waals surface area contributed by atoms with Gasteiger partial charge in [-0.15, -0.1) is 0 Å². The van der Waals surface area contributed by atoms with E-state index in [0.717, 1.165) is 45.0 Å². The first-order valence-electron chi connectivity index (χ1n) is 8.19. The van der Waals surface area contributed by atoms with E-state index in [9.17, 15) is 0 Å². The smallest absolute Gasteiger partial charge is 0.122 e. The molecular formula is C18H26N4. The quantitative estimate of drug-likeness (QED) is 0.845. The number of imidazole rings is 1. The van der Waals surface area contributed by atoms with Crippen molar-refractivity contribution in [3.05, 3.63) is 54.1 Å². The largest absolute Gasteiger partial charge is 0.337 e. The zero-order chi connectivity index (χ0) is 15.4. The van der Waals surface area contributed by atoms with Crippen molar-refractivity contribution < 1.29 is 0 Å². The summed E-state index contributed by atoms with van der Waals surface area (Å²) in [4.78, 5) is 9.58. The molecule has 0 saturated carbocycles. The molecule has 118 valence electrons. The predicted molar refractivity (Wildman–Crippen MR) is 89.7 cm³/mol.